The summed E-state index contributed by atoms with van der Waals surface area (Å²) in [5.41, 5.74) is 1.91. The van der Waals surface area contributed by atoms with Gasteiger partial charge >= 0.3 is 0 Å². The third-order valence-electron chi connectivity index (χ3n) is 1.61. The van der Waals surface area contributed by atoms with Gasteiger partial charge in [0.2, 0.25) is 0 Å². The molecular formula is C8H7Br2NO2. The number of aryl methyl sites for hydroxylation is 1. The Kier molecular flexibility index (Phi) is 3.44. The second-order valence-corrected chi connectivity index (χ2v) is 4.00. The highest BCUT2D eigenvalue weighted by Gasteiger charge is 2.15. The molecule has 3 nitrogen and oxygen atoms in total. The second-order valence-electron chi connectivity index (χ2n) is 2.65. The summed E-state index contributed by atoms with van der Waals surface area (Å²) in [6, 6.07) is 3.46. The molecule has 0 aliphatic carbocycles. The lowest BCUT2D eigenvalue weighted by Crippen LogP contribution is -1.93. The zero-order valence-electron chi connectivity index (χ0n) is 6.88. The van der Waals surface area contributed by atoms with Crippen LogP contribution in [0.5, 0.6) is 0 Å². The van der Waals surface area contributed by atoms with E-state index in [0.717, 1.165) is 11.1 Å². The lowest BCUT2D eigenvalue weighted by Gasteiger charge is -2.02. The number of benzene rings is 1. The normalized spacial score (nSPS) is 10.1. The Bertz CT molecular complexity index is 352. The predicted molar refractivity (Wildman–Crippen MR) is 58.2 cm³/mol. The van der Waals surface area contributed by atoms with Crippen molar-refractivity contribution in [2.24, 2.45) is 0 Å². The molecule has 0 aliphatic heterocycles. The average Bonchev–Trinajstić information content (AvgIpc) is 2.08. The van der Waals surface area contributed by atoms with E-state index in [1.165, 1.54) is 0 Å². The minimum atomic E-state index is -0.386. The molecule has 0 saturated heterocycles. The van der Waals surface area contributed by atoms with Crippen molar-refractivity contribution < 1.29 is 4.92 Å². The molecular weight excluding hydrogens is 302 g/mol. The molecule has 0 saturated carbocycles. The van der Waals surface area contributed by atoms with Gasteiger partial charge in [-0.1, -0.05) is 22.0 Å². The summed E-state index contributed by atoms with van der Waals surface area (Å²) in [5.74, 6) is 0. The highest BCUT2D eigenvalue weighted by molar-refractivity contribution is 9.11. The quantitative estimate of drug-likeness (QED) is 0.476. The average molecular weight is 309 g/mol. The molecule has 0 N–H and O–H groups in total. The summed E-state index contributed by atoms with van der Waals surface area (Å²) < 4.78 is 0.556. The van der Waals surface area contributed by atoms with Gasteiger partial charge in [0.1, 0.15) is 0 Å². The van der Waals surface area contributed by atoms with Crippen LogP contribution in [-0.4, -0.2) is 4.92 Å². The topological polar surface area (TPSA) is 43.1 Å². The molecule has 0 aromatic heterocycles. The van der Waals surface area contributed by atoms with Gasteiger partial charge in [0.15, 0.2) is 0 Å². The van der Waals surface area contributed by atoms with E-state index in [-0.39, 0.29) is 10.6 Å². The first-order chi connectivity index (χ1) is 6.06. The van der Waals surface area contributed by atoms with Crippen LogP contribution in [0.25, 0.3) is 0 Å². The molecule has 0 amide bonds. The highest BCUT2D eigenvalue weighted by atomic mass is 79.9. The van der Waals surface area contributed by atoms with Gasteiger partial charge in [-0.15, -0.1) is 0 Å². The lowest BCUT2D eigenvalue weighted by molar-refractivity contribution is -0.385. The van der Waals surface area contributed by atoms with Crippen molar-refractivity contribution in [3.05, 3.63) is 37.8 Å². The van der Waals surface area contributed by atoms with Crippen LogP contribution in [0.3, 0.4) is 0 Å². The SMILES string of the molecule is Cc1cc(CBr)c(Br)c([N+](=O)[O-])c1. The van der Waals surface area contributed by atoms with E-state index in [2.05, 4.69) is 31.9 Å². The van der Waals surface area contributed by atoms with Gasteiger partial charge in [-0.25, -0.2) is 0 Å². The maximum Gasteiger partial charge on any atom is 0.284 e. The van der Waals surface area contributed by atoms with Gasteiger partial charge in [0.25, 0.3) is 5.69 Å². The largest absolute Gasteiger partial charge is 0.284 e. The zero-order valence-corrected chi connectivity index (χ0v) is 10.1. The Morgan fingerprint density at radius 2 is 2.15 bits per heavy atom. The van der Waals surface area contributed by atoms with Crippen molar-refractivity contribution >= 4 is 37.5 Å². The first kappa shape index (κ1) is 10.7. The molecule has 13 heavy (non-hydrogen) atoms. The fourth-order valence-corrected chi connectivity index (χ4v) is 2.39. The number of alkyl halides is 1. The Labute approximate surface area is 92.5 Å². The number of rotatable bonds is 2. The van der Waals surface area contributed by atoms with E-state index in [9.17, 15) is 10.1 Å². The third-order valence-corrected chi connectivity index (χ3v) is 3.13. The second kappa shape index (κ2) is 4.19. The maximum absolute atomic E-state index is 10.6. The number of nitro benzene ring substituents is 1. The third kappa shape index (κ3) is 2.28. The Balaban J connectivity index is 3.35. The molecule has 0 heterocycles. The molecule has 5 heteroatoms. The van der Waals surface area contributed by atoms with Crippen LogP contribution in [0.2, 0.25) is 0 Å². The summed E-state index contributed by atoms with van der Waals surface area (Å²) in [6.07, 6.45) is 0. The first-order valence-corrected chi connectivity index (χ1v) is 5.47. The van der Waals surface area contributed by atoms with Crippen LogP contribution < -0.4 is 0 Å². The maximum atomic E-state index is 10.6. The summed E-state index contributed by atoms with van der Waals surface area (Å²) in [6.45, 7) is 1.84. The van der Waals surface area contributed by atoms with E-state index >= 15 is 0 Å². The van der Waals surface area contributed by atoms with Crippen LogP contribution in [-0.2, 0) is 5.33 Å². The van der Waals surface area contributed by atoms with Crippen molar-refractivity contribution in [1.82, 2.24) is 0 Å². The van der Waals surface area contributed by atoms with Crippen LogP contribution in [0.1, 0.15) is 11.1 Å². The fourth-order valence-electron chi connectivity index (χ4n) is 1.05. The fraction of sp³-hybridized carbons (Fsp3) is 0.250. The van der Waals surface area contributed by atoms with Crippen LogP contribution in [0.15, 0.2) is 16.6 Å². The number of hydrogen-bond acceptors (Lipinski definition) is 2. The first-order valence-electron chi connectivity index (χ1n) is 3.55. The van der Waals surface area contributed by atoms with Gasteiger partial charge in [0.05, 0.1) is 9.40 Å². The zero-order chi connectivity index (χ0) is 10.0. The molecule has 0 aliphatic rings. The summed E-state index contributed by atoms with van der Waals surface area (Å²) in [4.78, 5) is 10.2. The molecule has 0 spiro atoms. The smallest absolute Gasteiger partial charge is 0.258 e. The lowest BCUT2D eigenvalue weighted by atomic mass is 10.1. The molecule has 1 aromatic rings. The van der Waals surface area contributed by atoms with Crippen molar-refractivity contribution in [2.45, 2.75) is 12.3 Å². The number of hydrogen-bond donors (Lipinski definition) is 0. The minimum Gasteiger partial charge on any atom is -0.258 e. The van der Waals surface area contributed by atoms with Gasteiger partial charge in [-0.3, -0.25) is 10.1 Å². The molecule has 0 atom stereocenters. The molecule has 1 aromatic carbocycles. The van der Waals surface area contributed by atoms with Crippen molar-refractivity contribution in [2.75, 3.05) is 0 Å². The molecule has 0 unspecified atom stereocenters. The van der Waals surface area contributed by atoms with Gasteiger partial charge < -0.3 is 0 Å². The van der Waals surface area contributed by atoms with Crippen molar-refractivity contribution in [3.8, 4) is 0 Å². The van der Waals surface area contributed by atoms with Gasteiger partial charge in [0, 0.05) is 11.4 Å². The molecule has 0 bridgehead atoms. The molecule has 70 valence electrons. The number of nitro groups is 1. The monoisotopic (exact) mass is 307 g/mol. The van der Waals surface area contributed by atoms with E-state index in [1.54, 1.807) is 6.07 Å². The number of halogens is 2. The molecule has 1 rings (SSSR count). The molecule has 0 radical (unpaired) electrons. The van der Waals surface area contributed by atoms with Crippen molar-refractivity contribution in [1.29, 1.82) is 0 Å². The van der Waals surface area contributed by atoms with Gasteiger partial charge in [-0.05, 0) is 34.0 Å². The predicted octanol–water partition coefficient (Wildman–Crippen LogP) is 3.56. The highest BCUT2D eigenvalue weighted by Crippen LogP contribution is 2.31. The van der Waals surface area contributed by atoms with Crippen LogP contribution in [0, 0.1) is 17.0 Å². The minimum absolute atomic E-state index is 0.120. The standard InChI is InChI=1S/C8H7Br2NO2/c1-5-2-6(4-9)8(10)7(3-5)11(12)13/h2-3H,4H2,1H3. The Hall–Kier alpha value is -0.420. The summed E-state index contributed by atoms with van der Waals surface area (Å²) in [5, 5.41) is 11.2. The van der Waals surface area contributed by atoms with Crippen LogP contribution >= 0.6 is 31.9 Å². The summed E-state index contributed by atoms with van der Waals surface area (Å²) in [7, 11) is 0. The van der Waals surface area contributed by atoms with E-state index < -0.39 is 0 Å². The van der Waals surface area contributed by atoms with E-state index in [0.29, 0.717) is 9.80 Å². The summed E-state index contributed by atoms with van der Waals surface area (Å²) >= 11 is 6.48. The van der Waals surface area contributed by atoms with Crippen molar-refractivity contribution in [3.63, 3.8) is 0 Å². The Morgan fingerprint density at radius 1 is 1.54 bits per heavy atom. The molecule has 0 fully saturated rings. The van der Waals surface area contributed by atoms with E-state index in [4.69, 9.17) is 0 Å². The van der Waals surface area contributed by atoms with Gasteiger partial charge in [-0.2, -0.15) is 0 Å². The number of nitrogens with zero attached hydrogens (tertiary/aromatic N) is 1. The Morgan fingerprint density at radius 3 is 2.62 bits per heavy atom. The van der Waals surface area contributed by atoms with Crippen LogP contribution in [0.4, 0.5) is 5.69 Å². The van der Waals surface area contributed by atoms with E-state index in [1.807, 2.05) is 13.0 Å².